The van der Waals surface area contributed by atoms with E-state index in [9.17, 15) is 8.42 Å². The van der Waals surface area contributed by atoms with Gasteiger partial charge in [-0.1, -0.05) is 51.9 Å². The zero-order valence-corrected chi connectivity index (χ0v) is 15.7. The number of hydrogen-bond donors (Lipinski definition) is 0. The normalized spacial score (nSPS) is 23.7. The fourth-order valence-corrected chi connectivity index (χ4v) is 5.53. The van der Waals surface area contributed by atoms with E-state index in [4.69, 9.17) is 0 Å². The first kappa shape index (κ1) is 16.9. The van der Waals surface area contributed by atoms with Gasteiger partial charge in [-0.3, -0.25) is 0 Å². The molecule has 0 saturated carbocycles. The highest BCUT2D eigenvalue weighted by Gasteiger charge is 2.32. The predicted molar refractivity (Wildman–Crippen MR) is 96.9 cm³/mol. The number of sulfonamides is 1. The molecule has 23 heavy (non-hydrogen) atoms. The van der Waals surface area contributed by atoms with Crippen molar-refractivity contribution in [3.8, 4) is 0 Å². The molecule has 0 N–H and O–H groups in total. The first-order chi connectivity index (χ1) is 11.0. The van der Waals surface area contributed by atoms with Gasteiger partial charge in [0.1, 0.15) is 0 Å². The Balaban J connectivity index is 1.69. The Morgan fingerprint density at radius 2 is 1.78 bits per heavy atom. The second-order valence-corrected chi connectivity index (χ2v) is 9.19. The highest BCUT2D eigenvalue weighted by atomic mass is 79.9. The van der Waals surface area contributed by atoms with Crippen molar-refractivity contribution in [3.63, 3.8) is 0 Å². The fourth-order valence-electron chi connectivity index (χ4n) is 3.35. The standard InChI is InChI=1S/C18H22BrNO2S/c1-14-6-8-16(9-7-14)23(21,22)20-12-10-15(11-13-20)17-4-2-3-5-18(17)19/h2,4-9,15,17H,3,10-13H2,1H3. The van der Waals surface area contributed by atoms with Crippen molar-refractivity contribution < 1.29 is 8.42 Å². The zero-order valence-electron chi connectivity index (χ0n) is 13.3. The number of allylic oxidation sites excluding steroid dienone is 4. The summed E-state index contributed by atoms with van der Waals surface area (Å²) >= 11 is 3.67. The highest BCUT2D eigenvalue weighted by molar-refractivity contribution is 9.11. The van der Waals surface area contributed by atoms with Crippen molar-refractivity contribution in [2.45, 2.75) is 31.1 Å². The van der Waals surface area contributed by atoms with E-state index in [0.29, 0.717) is 29.8 Å². The second-order valence-electron chi connectivity index (χ2n) is 6.33. The molecule has 1 fully saturated rings. The quantitative estimate of drug-likeness (QED) is 0.717. The van der Waals surface area contributed by atoms with E-state index in [2.05, 4.69) is 34.2 Å². The van der Waals surface area contributed by atoms with Crippen LogP contribution in [0.2, 0.25) is 0 Å². The topological polar surface area (TPSA) is 37.4 Å². The minimum atomic E-state index is -3.36. The monoisotopic (exact) mass is 395 g/mol. The van der Waals surface area contributed by atoms with Gasteiger partial charge in [-0.05, 0) is 48.7 Å². The maximum absolute atomic E-state index is 12.7. The molecule has 1 saturated heterocycles. The fraction of sp³-hybridized carbons (Fsp3) is 0.444. The summed E-state index contributed by atoms with van der Waals surface area (Å²) in [6.45, 7) is 3.17. The van der Waals surface area contributed by atoms with E-state index in [0.717, 1.165) is 24.8 Å². The third-order valence-electron chi connectivity index (χ3n) is 4.78. The van der Waals surface area contributed by atoms with Gasteiger partial charge in [0.15, 0.2) is 0 Å². The molecule has 1 aliphatic heterocycles. The molecule has 3 nitrogen and oxygen atoms in total. The number of aryl methyl sites for hydroxylation is 1. The molecule has 5 heteroatoms. The molecule has 0 aromatic heterocycles. The van der Waals surface area contributed by atoms with Gasteiger partial charge in [0.05, 0.1) is 4.90 Å². The van der Waals surface area contributed by atoms with Gasteiger partial charge in [0.25, 0.3) is 0 Å². The Labute approximate surface area is 147 Å². The van der Waals surface area contributed by atoms with E-state index >= 15 is 0 Å². The molecule has 2 aliphatic rings. The van der Waals surface area contributed by atoms with Gasteiger partial charge in [0.2, 0.25) is 10.0 Å². The minimum absolute atomic E-state index is 0.403. The SMILES string of the molecule is Cc1ccc(S(=O)(=O)N2CCC(C3C=CCC=C3Br)CC2)cc1. The van der Waals surface area contributed by atoms with Crippen LogP contribution in [0.3, 0.4) is 0 Å². The molecular formula is C18H22BrNO2S. The smallest absolute Gasteiger partial charge is 0.207 e. The Bertz CT molecular complexity index is 714. The predicted octanol–water partition coefficient (Wildman–Crippen LogP) is 4.25. The number of rotatable bonds is 3. The molecule has 3 rings (SSSR count). The molecule has 1 heterocycles. The lowest BCUT2D eigenvalue weighted by atomic mass is 9.83. The summed E-state index contributed by atoms with van der Waals surface area (Å²) in [7, 11) is -3.36. The summed E-state index contributed by atoms with van der Waals surface area (Å²) in [4.78, 5) is 0.403. The first-order valence-corrected chi connectivity index (χ1v) is 10.3. The van der Waals surface area contributed by atoms with Gasteiger partial charge in [-0.15, -0.1) is 0 Å². The van der Waals surface area contributed by atoms with Crippen LogP contribution in [-0.4, -0.2) is 25.8 Å². The number of halogens is 1. The van der Waals surface area contributed by atoms with Crippen molar-refractivity contribution in [3.05, 3.63) is 52.5 Å². The van der Waals surface area contributed by atoms with Crippen LogP contribution < -0.4 is 0 Å². The van der Waals surface area contributed by atoms with Crippen LogP contribution >= 0.6 is 15.9 Å². The van der Waals surface area contributed by atoms with E-state index in [1.165, 1.54) is 4.48 Å². The maximum Gasteiger partial charge on any atom is 0.243 e. The summed E-state index contributed by atoms with van der Waals surface area (Å²) in [6.07, 6.45) is 9.47. The average Bonchev–Trinajstić information content (AvgIpc) is 2.56. The molecule has 0 bridgehead atoms. The van der Waals surface area contributed by atoms with Crippen LogP contribution in [0.5, 0.6) is 0 Å². The third-order valence-corrected chi connectivity index (χ3v) is 7.54. The number of piperidine rings is 1. The molecular weight excluding hydrogens is 374 g/mol. The van der Waals surface area contributed by atoms with Crippen molar-refractivity contribution in [2.24, 2.45) is 11.8 Å². The molecule has 0 amide bonds. The highest BCUT2D eigenvalue weighted by Crippen LogP contribution is 2.37. The lowest BCUT2D eigenvalue weighted by Gasteiger charge is -2.35. The molecule has 0 radical (unpaired) electrons. The lowest BCUT2D eigenvalue weighted by molar-refractivity contribution is 0.248. The van der Waals surface area contributed by atoms with Gasteiger partial charge in [0, 0.05) is 19.0 Å². The molecule has 1 aromatic rings. The first-order valence-electron chi connectivity index (χ1n) is 8.07. The van der Waals surface area contributed by atoms with Gasteiger partial charge >= 0.3 is 0 Å². The molecule has 1 unspecified atom stereocenters. The van der Waals surface area contributed by atoms with E-state index in [-0.39, 0.29) is 0 Å². The number of benzene rings is 1. The summed E-state index contributed by atoms with van der Waals surface area (Å²) in [5, 5.41) is 0. The lowest BCUT2D eigenvalue weighted by Crippen LogP contribution is -2.40. The van der Waals surface area contributed by atoms with Crippen molar-refractivity contribution in [1.29, 1.82) is 0 Å². The zero-order chi connectivity index (χ0) is 16.4. The van der Waals surface area contributed by atoms with Gasteiger partial charge in [-0.2, -0.15) is 4.31 Å². The van der Waals surface area contributed by atoms with E-state index < -0.39 is 10.0 Å². The molecule has 124 valence electrons. The molecule has 0 spiro atoms. The van der Waals surface area contributed by atoms with Crippen LogP contribution in [0.25, 0.3) is 0 Å². The van der Waals surface area contributed by atoms with Crippen LogP contribution in [0.15, 0.2) is 51.9 Å². The largest absolute Gasteiger partial charge is 0.243 e. The maximum atomic E-state index is 12.7. The van der Waals surface area contributed by atoms with Crippen LogP contribution in [0.1, 0.15) is 24.8 Å². The Morgan fingerprint density at radius 3 is 2.39 bits per heavy atom. The molecule has 1 aliphatic carbocycles. The van der Waals surface area contributed by atoms with Crippen LogP contribution in [0, 0.1) is 18.8 Å². The van der Waals surface area contributed by atoms with Crippen LogP contribution in [0.4, 0.5) is 0 Å². The molecule has 1 atom stereocenters. The minimum Gasteiger partial charge on any atom is -0.207 e. The number of hydrogen-bond acceptors (Lipinski definition) is 2. The Morgan fingerprint density at radius 1 is 1.13 bits per heavy atom. The summed E-state index contributed by atoms with van der Waals surface area (Å²) in [6, 6.07) is 7.13. The Hall–Kier alpha value is -0.910. The molecule has 1 aromatic carbocycles. The van der Waals surface area contributed by atoms with Crippen molar-refractivity contribution in [2.75, 3.05) is 13.1 Å². The second kappa shape index (κ2) is 6.91. The van der Waals surface area contributed by atoms with Gasteiger partial charge in [-0.25, -0.2) is 8.42 Å². The average molecular weight is 396 g/mol. The number of nitrogens with zero attached hydrogens (tertiary/aromatic N) is 1. The van der Waals surface area contributed by atoms with Crippen molar-refractivity contribution in [1.82, 2.24) is 4.31 Å². The van der Waals surface area contributed by atoms with E-state index in [1.54, 1.807) is 16.4 Å². The van der Waals surface area contributed by atoms with Crippen molar-refractivity contribution >= 4 is 26.0 Å². The summed E-state index contributed by atoms with van der Waals surface area (Å²) < 4.78 is 28.4. The van der Waals surface area contributed by atoms with E-state index in [1.807, 2.05) is 19.1 Å². The van der Waals surface area contributed by atoms with Crippen LogP contribution in [-0.2, 0) is 10.0 Å². The Kier molecular flexibility index (Phi) is 5.09. The summed E-state index contributed by atoms with van der Waals surface area (Å²) in [5.74, 6) is 0.926. The summed E-state index contributed by atoms with van der Waals surface area (Å²) in [5.41, 5.74) is 1.07. The van der Waals surface area contributed by atoms with Gasteiger partial charge < -0.3 is 0 Å². The third kappa shape index (κ3) is 3.62.